The van der Waals surface area contributed by atoms with Gasteiger partial charge in [-0.1, -0.05) is 59.2 Å². The second-order valence-corrected chi connectivity index (χ2v) is 6.69. The predicted octanol–water partition coefficient (Wildman–Crippen LogP) is -5.33. The zero-order chi connectivity index (χ0) is 12.7. The van der Waals surface area contributed by atoms with E-state index in [0.717, 1.165) is 11.1 Å². The predicted molar refractivity (Wildman–Crippen MR) is 68.0 cm³/mol. The van der Waals surface area contributed by atoms with E-state index in [-0.39, 0.29) is 75.5 Å². The van der Waals surface area contributed by atoms with Gasteiger partial charge in [-0.3, -0.25) is 0 Å². The maximum Gasteiger partial charge on any atom is 4.00 e. The van der Waals surface area contributed by atoms with Gasteiger partial charge in [-0.25, -0.2) is 0 Å². The van der Waals surface area contributed by atoms with E-state index in [4.69, 9.17) is 0 Å². The molecule has 0 saturated heterocycles. The number of rotatable bonds is 0. The van der Waals surface area contributed by atoms with E-state index in [9.17, 15) is 5.11 Å². The van der Waals surface area contributed by atoms with Gasteiger partial charge in [0, 0.05) is 0 Å². The van der Waals surface area contributed by atoms with Gasteiger partial charge >= 0.3 is 21.7 Å². The monoisotopic (exact) mass is 372 g/mol. The average molecular weight is 374 g/mol. The molecule has 20 heavy (non-hydrogen) atoms. The largest absolute Gasteiger partial charge is 4.00 e. The Balaban J connectivity index is -0.000000320. The Morgan fingerprint density at radius 2 is 1.00 bits per heavy atom. The van der Waals surface area contributed by atoms with Crippen LogP contribution in [0.1, 0.15) is 58.2 Å². The summed E-state index contributed by atoms with van der Waals surface area (Å²) in [5, 5.41) is 12.4. The SMILES string of the molecule is Cc1cc(C(C)(C)C)c([O-])c(C(C)(C)C)c1.[Cl-].[Cl-].[Cl-].[Ti+4]. The fourth-order valence-corrected chi connectivity index (χ4v) is 1.89. The summed E-state index contributed by atoms with van der Waals surface area (Å²) >= 11 is 0. The van der Waals surface area contributed by atoms with Crippen LogP contribution in [0.5, 0.6) is 5.75 Å². The van der Waals surface area contributed by atoms with E-state index >= 15 is 0 Å². The average Bonchev–Trinajstić information content (AvgIpc) is 2.04. The fourth-order valence-electron chi connectivity index (χ4n) is 1.89. The van der Waals surface area contributed by atoms with Gasteiger partial charge in [-0.05, 0) is 28.9 Å². The Hall–Kier alpha value is 0.604. The Morgan fingerprint density at radius 3 is 1.20 bits per heavy atom. The van der Waals surface area contributed by atoms with E-state index in [2.05, 4.69) is 48.5 Å². The van der Waals surface area contributed by atoms with Crippen LogP contribution in [0.2, 0.25) is 0 Å². The summed E-state index contributed by atoms with van der Waals surface area (Å²) in [4.78, 5) is 0. The summed E-state index contributed by atoms with van der Waals surface area (Å²) in [5.41, 5.74) is 2.87. The van der Waals surface area contributed by atoms with Gasteiger partial charge in [0.2, 0.25) is 0 Å². The van der Waals surface area contributed by atoms with E-state index < -0.39 is 0 Å². The van der Waals surface area contributed by atoms with Crippen molar-refractivity contribution in [3.8, 4) is 5.75 Å². The van der Waals surface area contributed by atoms with Crippen LogP contribution in [0.4, 0.5) is 0 Å². The van der Waals surface area contributed by atoms with Gasteiger partial charge < -0.3 is 42.3 Å². The molecule has 0 unspecified atom stereocenters. The Bertz CT molecular complexity index is 372. The number of benzene rings is 1. The maximum atomic E-state index is 12.4. The van der Waals surface area contributed by atoms with Crippen LogP contribution in [0.25, 0.3) is 0 Å². The van der Waals surface area contributed by atoms with Crippen molar-refractivity contribution in [2.45, 2.75) is 59.3 Å². The van der Waals surface area contributed by atoms with Gasteiger partial charge in [0.15, 0.2) is 0 Å². The zero-order valence-corrected chi connectivity index (χ0v) is 17.0. The molecule has 0 aliphatic rings. The summed E-state index contributed by atoms with van der Waals surface area (Å²) in [6.07, 6.45) is 0. The van der Waals surface area contributed by atoms with Gasteiger partial charge in [-0.2, -0.15) is 0 Å². The summed E-state index contributed by atoms with van der Waals surface area (Å²) < 4.78 is 0. The second-order valence-electron chi connectivity index (χ2n) is 6.69. The molecule has 1 aromatic carbocycles. The molecular weight excluding hydrogens is 350 g/mol. The van der Waals surface area contributed by atoms with Crippen LogP contribution in [0.3, 0.4) is 0 Å². The van der Waals surface area contributed by atoms with Gasteiger partial charge in [0.05, 0.1) is 0 Å². The summed E-state index contributed by atoms with van der Waals surface area (Å²) in [5.74, 6) is 0.214. The molecule has 1 aromatic rings. The molecule has 0 spiro atoms. The topological polar surface area (TPSA) is 23.1 Å². The van der Waals surface area contributed by atoms with Crippen molar-refractivity contribution in [3.05, 3.63) is 28.8 Å². The van der Waals surface area contributed by atoms with E-state index in [1.54, 1.807) is 0 Å². The molecule has 0 radical (unpaired) electrons. The van der Waals surface area contributed by atoms with Crippen molar-refractivity contribution in [1.29, 1.82) is 0 Å². The summed E-state index contributed by atoms with van der Waals surface area (Å²) in [6, 6.07) is 4.05. The molecule has 0 aliphatic heterocycles. The molecule has 0 saturated carbocycles. The zero-order valence-electron chi connectivity index (χ0n) is 13.2. The quantitative estimate of drug-likeness (QED) is 0.417. The summed E-state index contributed by atoms with van der Waals surface area (Å²) in [7, 11) is 0. The Labute approximate surface area is 157 Å². The maximum absolute atomic E-state index is 12.4. The molecule has 0 fully saturated rings. The molecule has 0 heterocycles. The van der Waals surface area contributed by atoms with Crippen molar-refractivity contribution in [2.24, 2.45) is 0 Å². The van der Waals surface area contributed by atoms with Crippen LogP contribution in [-0.2, 0) is 32.5 Å². The Kier molecular flexibility index (Phi) is 13.8. The number of hydrogen-bond donors (Lipinski definition) is 0. The van der Waals surface area contributed by atoms with Crippen LogP contribution >= 0.6 is 0 Å². The van der Waals surface area contributed by atoms with Crippen molar-refractivity contribution in [1.82, 2.24) is 0 Å². The molecule has 114 valence electrons. The standard InChI is InChI=1S/C15H24O.3ClH.Ti/c1-10-8-11(14(2,3)4)13(16)12(9-10)15(5,6)7;;;;/h8-9,16H,1-7H3;3*1H;/q;;;;+4/p-4. The molecule has 0 aliphatic carbocycles. The smallest absolute Gasteiger partial charge is 1.00 e. The molecule has 5 heteroatoms. The molecular formula is C15H23Cl3OTi. The normalized spacial score (nSPS) is 10.3. The first-order chi connectivity index (χ1) is 7.03. The first-order valence-corrected chi connectivity index (χ1v) is 5.86. The minimum atomic E-state index is -0.0803. The van der Waals surface area contributed by atoms with Crippen LogP contribution in [-0.4, -0.2) is 0 Å². The Morgan fingerprint density at radius 1 is 0.750 bits per heavy atom. The third-order valence-corrected chi connectivity index (χ3v) is 2.85. The minimum Gasteiger partial charge on any atom is -1.00 e. The number of aryl methyl sites for hydroxylation is 1. The van der Waals surface area contributed by atoms with Crippen molar-refractivity contribution in [2.75, 3.05) is 0 Å². The molecule has 0 amide bonds. The first-order valence-electron chi connectivity index (χ1n) is 5.86. The van der Waals surface area contributed by atoms with E-state index in [1.165, 1.54) is 5.56 Å². The van der Waals surface area contributed by atoms with Crippen LogP contribution < -0.4 is 42.3 Å². The second kappa shape index (κ2) is 9.59. The van der Waals surface area contributed by atoms with E-state index in [1.807, 2.05) is 12.1 Å². The van der Waals surface area contributed by atoms with Crippen LogP contribution in [0, 0.1) is 6.92 Å². The molecule has 0 N–H and O–H groups in total. The minimum absolute atomic E-state index is 0. The van der Waals surface area contributed by atoms with Crippen molar-refractivity contribution >= 4 is 0 Å². The van der Waals surface area contributed by atoms with Gasteiger partial charge in [0.1, 0.15) is 0 Å². The van der Waals surface area contributed by atoms with Gasteiger partial charge in [-0.15, -0.1) is 5.75 Å². The summed E-state index contributed by atoms with van der Waals surface area (Å²) in [6.45, 7) is 14.6. The molecule has 1 rings (SSSR count). The third-order valence-electron chi connectivity index (χ3n) is 2.85. The van der Waals surface area contributed by atoms with E-state index in [0.29, 0.717) is 0 Å². The third kappa shape index (κ3) is 7.05. The molecule has 0 atom stereocenters. The van der Waals surface area contributed by atoms with Crippen LogP contribution in [0.15, 0.2) is 12.1 Å². The molecule has 1 nitrogen and oxygen atoms in total. The first kappa shape index (κ1) is 28.7. The van der Waals surface area contributed by atoms with Gasteiger partial charge in [0.25, 0.3) is 0 Å². The fraction of sp³-hybridized carbons (Fsp3) is 0.600. The number of halogens is 3. The number of hydrogen-bond acceptors (Lipinski definition) is 1. The molecule has 0 bridgehead atoms. The van der Waals surface area contributed by atoms with Crippen molar-refractivity contribution < 1.29 is 64.0 Å². The van der Waals surface area contributed by atoms with Crippen molar-refractivity contribution in [3.63, 3.8) is 0 Å². The molecule has 0 aromatic heterocycles.